The van der Waals surface area contributed by atoms with Crippen molar-refractivity contribution in [1.82, 2.24) is 9.38 Å². The van der Waals surface area contributed by atoms with Crippen molar-refractivity contribution in [3.63, 3.8) is 0 Å². The molecule has 0 radical (unpaired) electrons. The fourth-order valence-electron chi connectivity index (χ4n) is 5.27. The molecule has 4 aromatic rings. The van der Waals surface area contributed by atoms with Crippen molar-refractivity contribution < 1.29 is 14.0 Å². The molecule has 5 nitrogen and oxygen atoms in total. The van der Waals surface area contributed by atoms with E-state index in [1.54, 1.807) is 28.8 Å². The molecule has 0 spiro atoms. The summed E-state index contributed by atoms with van der Waals surface area (Å²) < 4.78 is 14.9. The number of hydrogen-bond acceptors (Lipinski definition) is 4. The van der Waals surface area contributed by atoms with Crippen molar-refractivity contribution in [2.45, 2.75) is 45.4 Å². The van der Waals surface area contributed by atoms with E-state index in [4.69, 9.17) is 11.6 Å². The molecule has 1 saturated heterocycles. The third kappa shape index (κ3) is 5.81. The van der Waals surface area contributed by atoms with Crippen LogP contribution in [0.4, 0.5) is 10.1 Å². The molecule has 0 aliphatic carbocycles. The molecule has 2 aromatic carbocycles. The Hall–Kier alpha value is -3.51. The van der Waals surface area contributed by atoms with Gasteiger partial charge in [-0.2, -0.15) is 0 Å². The van der Waals surface area contributed by atoms with Crippen molar-refractivity contribution >= 4 is 34.5 Å². The van der Waals surface area contributed by atoms with E-state index in [1.165, 1.54) is 12.1 Å². The van der Waals surface area contributed by atoms with Gasteiger partial charge < -0.3 is 4.90 Å². The molecule has 0 saturated carbocycles. The van der Waals surface area contributed by atoms with Gasteiger partial charge in [0.1, 0.15) is 22.9 Å². The van der Waals surface area contributed by atoms with Gasteiger partial charge in [-0.15, -0.1) is 0 Å². The molecule has 0 amide bonds. The first-order valence-electron chi connectivity index (χ1n) is 13.2. The minimum absolute atomic E-state index is 0.0455. The number of nitrogens with zero attached hydrogens (tertiary/aromatic N) is 3. The van der Waals surface area contributed by atoms with Crippen LogP contribution in [0.15, 0.2) is 66.9 Å². The Morgan fingerprint density at radius 1 is 0.974 bits per heavy atom. The van der Waals surface area contributed by atoms with E-state index in [0.29, 0.717) is 36.4 Å². The summed E-state index contributed by atoms with van der Waals surface area (Å²) in [6, 6.07) is 18.2. The fourth-order valence-corrected chi connectivity index (χ4v) is 5.43. The lowest BCUT2D eigenvalue weighted by Crippen LogP contribution is -2.36. The molecule has 1 fully saturated rings. The van der Waals surface area contributed by atoms with Crippen LogP contribution in [0.5, 0.6) is 0 Å². The minimum atomic E-state index is -0.282. The third-order valence-electron chi connectivity index (χ3n) is 7.44. The second-order valence-corrected chi connectivity index (χ2v) is 10.4. The Bertz CT molecular complexity index is 1440. The number of rotatable bonds is 9. The number of aromatic nitrogens is 2. The Balaban J connectivity index is 1.15. The van der Waals surface area contributed by atoms with E-state index in [9.17, 15) is 14.0 Å². The number of aryl methyl sites for hydroxylation is 2. The van der Waals surface area contributed by atoms with Gasteiger partial charge in [0.05, 0.1) is 10.7 Å². The van der Waals surface area contributed by atoms with Crippen LogP contribution in [-0.4, -0.2) is 34.0 Å². The summed E-state index contributed by atoms with van der Waals surface area (Å²) in [4.78, 5) is 32.8. The number of pyridine rings is 1. The molecule has 2 aromatic heterocycles. The summed E-state index contributed by atoms with van der Waals surface area (Å²) in [6.45, 7) is 3.66. The molecular formula is C31H31ClFN3O2. The first-order valence-corrected chi connectivity index (χ1v) is 13.6. The molecule has 0 N–H and O–H groups in total. The van der Waals surface area contributed by atoms with Crippen LogP contribution in [0.3, 0.4) is 0 Å². The van der Waals surface area contributed by atoms with Gasteiger partial charge in [0, 0.05) is 43.7 Å². The number of piperidine rings is 1. The van der Waals surface area contributed by atoms with Crippen LogP contribution in [-0.2, 0) is 24.1 Å². The molecule has 0 atom stereocenters. The van der Waals surface area contributed by atoms with Gasteiger partial charge in [-0.05, 0) is 73.2 Å². The average Bonchev–Trinajstić information content (AvgIpc) is 3.31. The van der Waals surface area contributed by atoms with E-state index in [2.05, 4.69) is 34.1 Å². The summed E-state index contributed by atoms with van der Waals surface area (Å²) >= 11 is 6.17. The first kappa shape index (κ1) is 26.1. The molecule has 3 heterocycles. The molecule has 1 aliphatic rings. The van der Waals surface area contributed by atoms with Crippen molar-refractivity contribution in [3.8, 4) is 0 Å². The van der Waals surface area contributed by atoms with E-state index in [0.717, 1.165) is 54.1 Å². The van der Waals surface area contributed by atoms with Crippen LogP contribution in [0.2, 0.25) is 5.02 Å². The standard InChI is InChI=1S/C31H31ClFN3O2/c1-2-27-31(36-20-24(32)8-14-30(36)34-27)28(37)13-7-21-5-11-26(12-6-21)35-17-15-23(16-18-35)29(38)19-22-3-9-25(33)10-4-22/h3-6,8-12,14,20,23H,2,7,13,15-19H2,1H3. The largest absolute Gasteiger partial charge is 0.371 e. The van der Waals surface area contributed by atoms with E-state index in [-0.39, 0.29) is 23.3 Å². The molecule has 7 heteroatoms. The molecule has 0 unspecified atom stereocenters. The zero-order chi connectivity index (χ0) is 26.6. The Labute approximate surface area is 227 Å². The zero-order valence-electron chi connectivity index (χ0n) is 21.5. The number of benzene rings is 2. The number of hydrogen-bond donors (Lipinski definition) is 0. The summed E-state index contributed by atoms with van der Waals surface area (Å²) in [7, 11) is 0. The van der Waals surface area contributed by atoms with Crippen molar-refractivity contribution in [2.75, 3.05) is 18.0 Å². The van der Waals surface area contributed by atoms with Crippen molar-refractivity contribution in [1.29, 1.82) is 0 Å². The van der Waals surface area contributed by atoms with Crippen LogP contribution in [0.25, 0.3) is 5.65 Å². The van der Waals surface area contributed by atoms with E-state index < -0.39 is 0 Å². The maximum Gasteiger partial charge on any atom is 0.181 e. The number of carbonyl (C=O) groups excluding carboxylic acids is 2. The Morgan fingerprint density at radius 2 is 1.66 bits per heavy atom. The second kappa shape index (κ2) is 11.5. The lowest BCUT2D eigenvalue weighted by Gasteiger charge is -2.33. The van der Waals surface area contributed by atoms with Gasteiger partial charge in [0.15, 0.2) is 5.78 Å². The molecule has 5 rings (SSSR count). The smallest absolute Gasteiger partial charge is 0.181 e. The maximum atomic E-state index is 13.2. The fraction of sp³-hybridized carbons (Fsp3) is 0.323. The number of carbonyl (C=O) groups is 2. The number of Topliss-reactive ketones (excluding diaryl/α,β-unsaturated/α-hetero) is 2. The van der Waals surface area contributed by atoms with Gasteiger partial charge in [-0.1, -0.05) is 42.8 Å². The Kier molecular flexibility index (Phi) is 7.89. The molecule has 1 aliphatic heterocycles. The highest BCUT2D eigenvalue weighted by Gasteiger charge is 2.25. The summed E-state index contributed by atoms with van der Waals surface area (Å²) in [5.41, 5.74) is 5.26. The quantitative estimate of drug-likeness (QED) is 0.230. The molecule has 38 heavy (non-hydrogen) atoms. The van der Waals surface area contributed by atoms with Crippen LogP contribution in [0, 0.1) is 11.7 Å². The molecule has 196 valence electrons. The number of fused-ring (bicyclic) bond motifs is 1. The van der Waals surface area contributed by atoms with Crippen LogP contribution in [0.1, 0.15) is 53.5 Å². The predicted molar refractivity (Wildman–Crippen MR) is 149 cm³/mol. The van der Waals surface area contributed by atoms with Gasteiger partial charge in [-0.25, -0.2) is 9.37 Å². The monoisotopic (exact) mass is 531 g/mol. The van der Waals surface area contributed by atoms with Gasteiger partial charge in [0.25, 0.3) is 0 Å². The van der Waals surface area contributed by atoms with E-state index in [1.807, 2.05) is 13.0 Å². The van der Waals surface area contributed by atoms with Gasteiger partial charge >= 0.3 is 0 Å². The summed E-state index contributed by atoms with van der Waals surface area (Å²) in [5.74, 6) is 0.0583. The Morgan fingerprint density at radius 3 is 2.34 bits per heavy atom. The second-order valence-electron chi connectivity index (χ2n) is 9.96. The highest BCUT2D eigenvalue weighted by atomic mass is 35.5. The summed E-state index contributed by atoms with van der Waals surface area (Å²) in [5, 5.41) is 0.573. The highest BCUT2D eigenvalue weighted by Crippen LogP contribution is 2.26. The zero-order valence-corrected chi connectivity index (χ0v) is 22.3. The number of halogens is 2. The predicted octanol–water partition coefficient (Wildman–Crippen LogP) is 6.53. The van der Waals surface area contributed by atoms with E-state index >= 15 is 0 Å². The lowest BCUT2D eigenvalue weighted by molar-refractivity contribution is -0.122. The molecule has 0 bridgehead atoms. The normalized spacial score (nSPS) is 14.2. The van der Waals surface area contributed by atoms with Crippen molar-refractivity contribution in [3.05, 3.63) is 100 Å². The first-order chi connectivity index (χ1) is 18.4. The topological polar surface area (TPSA) is 54.7 Å². The maximum absolute atomic E-state index is 13.2. The number of ketones is 2. The van der Waals surface area contributed by atoms with Crippen LogP contribution < -0.4 is 4.90 Å². The van der Waals surface area contributed by atoms with Crippen molar-refractivity contribution in [2.24, 2.45) is 5.92 Å². The average molecular weight is 532 g/mol. The number of anilines is 1. The lowest BCUT2D eigenvalue weighted by atomic mass is 9.89. The summed E-state index contributed by atoms with van der Waals surface area (Å²) in [6.07, 6.45) is 5.48. The van der Waals surface area contributed by atoms with Crippen LogP contribution >= 0.6 is 11.6 Å². The highest BCUT2D eigenvalue weighted by molar-refractivity contribution is 6.30. The van der Waals surface area contributed by atoms with Gasteiger partial charge in [0.2, 0.25) is 0 Å². The van der Waals surface area contributed by atoms with Gasteiger partial charge in [-0.3, -0.25) is 14.0 Å². The third-order valence-corrected chi connectivity index (χ3v) is 7.66. The minimum Gasteiger partial charge on any atom is -0.371 e. The molecular weight excluding hydrogens is 501 g/mol. The number of imidazole rings is 1. The SMILES string of the molecule is CCc1nc2ccc(Cl)cn2c1C(=O)CCc1ccc(N2CCC(C(=O)Cc3ccc(F)cc3)CC2)cc1.